The molecule has 0 spiro atoms. The van der Waals surface area contributed by atoms with Crippen molar-refractivity contribution < 1.29 is 17.5 Å². The number of hydrogen-bond donors (Lipinski definition) is 3. The van der Waals surface area contributed by atoms with E-state index >= 15 is 0 Å². The summed E-state index contributed by atoms with van der Waals surface area (Å²) in [5.74, 6) is -0.194. The van der Waals surface area contributed by atoms with Crippen molar-refractivity contribution >= 4 is 5.91 Å². The second kappa shape index (κ2) is 14.9. The highest BCUT2D eigenvalue weighted by Gasteiger charge is 1.98. The molecule has 5 heteroatoms. The lowest BCUT2D eigenvalue weighted by molar-refractivity contribution is -0.125. The van der Waals surface area contributed by atoms with Crippen LogP contribution in [0.15, 0.2) is 0 Å². The quantitative estimate of drug-likeness (QED) is 0.511. The molecule has 5 nitrogen and oxygen atoms in total. The maximum Gasteiger partial charge on any atom is 0.246 e. The van der Waals surface area contributed by atoms with Crippen molar-refractivity contribution in [1.82, 2.24) is 10.6 Å². The van der Waals surface area contributed by atoms with Crippen molar-refractivity contribution in [1.29, 1.82) is 0 Å². The molecule has 0 saturated carbocycles. The lowest BCUT2D eigenvalue weighted by atomic mass is 10.6. The van der Waals surface area contributed by atoms with E-state index in [-0.39, 0.29) is 28.5 Å². The molecule has 0 bridgehead atoms. The highest BCUT2D eigenvalue weighted by atomic mass is 16.5. The molecular formula is C9H26N2O3. The molecule has 0 saturated heterocycles. The van der Waals surface area contributed by atoms with Gasteiger partial charge in [0.05, 0.1) is 13.2 Å². The zero-order valence-corrected chi connectivity index (χ0v) is 9.30. The minimum absolute atomic E-state index is 0. The molecule has 14 heavy (non-hydrogen) atoms. The monoisotopic (exact) mass is 210 g/mol. The fourth-order valence-corrected chi connectivity index (χ4v) is 0.585. The Balaban J connectivity index is -0.000000169. The SMILES string of the molecule is CC.CNCCOCC(=O)NCCO.[HH].[HH]. The molecule has 0 fully saturated rings. The number of ether oxygens (including phenoxy) is 1. The Morgan fingerprint density at radius 3 is 2.57 bits per heavy atom. The molecule has 0 aromatic rings. The number of hydrogen-bond acceptors (Lipinski definition) is 4. The van der Waals surface area contributed by atoms with Crippen LogP contribution in [0.4, 0.5) is 0 Å². The number of likely N-dealkylation sites (N-methyl/N-ethyl adjacent to an activating group) is 1. The largest absolute Gasteiger partial charge is 0.395 e. The van der Waals surface area contributed by atoms with Crippen LogP contribution >= 0.6 is 0 Å². The van der Waals surface area contributed by atoms with E-state index in [0.717, 1.165) is 6.54 Å². The summed E-state index contributed by atoms with van der Waals surface area (Å²) >= 11 is 0. The van der Waals surface area contributed by atoms with Gasteiger partial charge in [-0.05, 0) is 7.05 Å². The molecule has 0 aromatic heterocycles. The molecule has 1 amide bonds. The predicted molar refractivity (Wildman–Crippen MR) is 60.4 cm³/mol. The number of carbonyl (C=O) groups excluding carboxylic acids is 1. The van der Waals surface area contributed by atoms with Crippen LogP contribution in [0.1, 0.15) is 16.7 Å². The van der Waals surface area contributed by atoms with Crippen LogP contribution < -0.4 is 10.6 Å². The van der Waals surface area contributed by atoms with Gasteiger partial charge in [-0.15, -0.1) is 0 Å². The summed E-state index contributed by atoms with van der Waals surface area (Å²) < 4.78 is 4.98. The van der Waals surface area contributed by atoms with E-state index in [4.69, 9.17) is 9.84 Å². The molecule has 0 radical (unpaired) electrons. The van der Waals surface area contributed by atoms with Crippen LogP contribution in [0.3, 0.4) is 0 Å². The third kappa shape index (κ3) is 13.9. The Labute approximate surface area is 88.8 Å². The Hall–Kier alpha value is -0.650. The first-order valence-electron chi connectivity index (χ1n) is 4.91. The van der Waals surface area contributed by atoms with Crippen molar-refractivity contribution in [3.05, 3.63) is 0 Å². The van der Waals surface area contributed by atoms with Gasteiger partial charge in [0.1, 0.15) is 6.61 Å². The van der Waals surface area contributed by atoms with E-state index in [1.807, 2.05) is 20.9 Å². The number of aliphatic hydroxyl groups is 1. The maximum absolute atomic E-state index is 10.8. The third-order valence-electron chi connectivity index (χ3n) is 1.16. The van der Waals surface area contributed by atoms with Gasteiger partial charge in [0.15, 0.2) is 0 Å². The molecule has 0 aliphatic carbocycles. The summed E-state index contributed by atoms with van der Waals surface area (Å²) in [6.45, 7) is 5.55. The molecular weight excluding hydrogens is 184 g/mol. The first kappa shape index (κ1) is 15.8. The summed E-state index contributed by atoms with van der Waals surface area (Å²) in [6.07, 6.45) is 0. The Morgan fingerprint density at radius 2 is 2.07 bits per heavy atom. The van der Waals surface area contributed by atoms with Gasteiger partial charge < -0.3 is 20.5 Å². The third-order valence-corrected chi connectivity index (χ3v) is 1.16. The summed E-state index contributed by atoms with van der Waals surface area (Å²) in [6, 6.07) is 0. The number of aliphatic hydroxyl groups excluding tert-OH is 1. The van der Waals surface area contributed by atoms with Crippen molar-refractivity contribution in [3.63, 3.8) is 0 Å². The van der Waals surface area contributed by atoms with Crippen LogP contribution in [0.5, 0.6) is 0 Å². The molecule has 0 aromatic carbocycles. The molecule has 0 atom stereocenters. The minimum Gasteiger partial charge on any atom is -0.395 e. The Bertz CT molecular complexity index is 129. The van der Waals surface area contributed by atoms with E-state index in [0.29, 0.717) is 6.61 Å². The molecule has 0 aliphatic rings. The molecule has 0 heterocycles. The zero-order chi connectivity index (χ0) is 11.2. The molecule has 0 unspecified atom stereocenters. The lowest BCUT2D eigenvalue weighted by Gasteiger charge is -2.03. The Morgan fingerprint density at radius 1 is 1.43 bits per heavy atom. The summed E-state index contributed by atoms with van der Waals surface area (Å²) in [4.78, 5) is 10.8. The van der Waals surface area contributed by atoms with Crippen molar-refractivity contribution in [3.8, 4) is 0 Å². The van der Waals surface area contributed by atoms with E-state index in [9.17, 15) is 4.79 Å². The second-order valence-electron chi connectivity index (χ2n) is 2.23. The normalized spacial score (nSPS) is 8.86. The van der Waals surface area contributed by atoms with Crippen LogP contribution in [0.25, 0.3) is 0 Å². The van der Waals surface area contributed by atoms with Crippen LogP contribution in [0, 0.1) is 0 Å². The average Bonchev–Trinajstić information content (AvgIpc) is 2.24. The minimum atomic E-state index is -0.194. The molecule has 90 valence electrons. The standard InChI is InChI=1S/C7H16N2O3.C2H6.2H2/c1-8-3-5-12-6-7(11)9-2-4-10;1-2;;/h8,10H,2-6H2,1H3,(H,9,11);1-2H3;2*1H. The summed E-state index contributed by atoms with van der Waals surface area (Å²) in [7, 11) is 1.81. The van der Waals surface area contributed by atoms with Crippen molar-refractivity contribution in [2.24, 2.45) is 0 Å². The Kier molecular flexibility index (Phi) is 16.8. The van der Waals surface area contributed by atoms with Gasteiger partial charge in [0.25, 0.3) is 0 Å². The number of nitrogens with one attached hydrogen (secondary N) is 2. The first-order chi connectivity index (χ1) is 6.81. The van der Waals surface area contributed by atoms with E-state index in [1.165, 1.54) is 0 Å². The number of amides is 1. The van der Waals surface area contributed by atoms with Gasteiger partial charge in [-0.3, -0.25) is 4.79 Å². The van der Waals surface area contributed by atoms with Crippen molar-refractivity contribution in [2.45, 2.75) is 13.8 Å². The summed E-state index contributed by atoms with van der Waals surface area (Å²) in [5.41, 5.74) is 0. The molecule has 0 rings (SSSR count). The van der Waals surface area contributed by atoms with Crippen LogP contribution in [-0.2, 0) is 9.53 Å². The van der Waals surface area contributed by atoms with Crippen molar-refractivity contribution in [2.75, 3.05) is 40.0 Å². The van der Waals surface area contributed by atoms with Gasteiger partial charge in [0.2, 0.25) is 5.91 Å². The fourth-order valence-electron chi connectivity index (χ4n) is 0.585. The van der Waals surface area contributed by atoms with E-state index in [2.05, 4.69) is 10.6 Å². The average molecular weight is 210 g/mol. The van der Waals surface area contributed by atoms with Gasteiger partial charge in [-0.2, -0.15) is 0 Å². The maximum atomic E-state index is 10.8. The van der Waals surface area contributed by atoms with Crippen LogP contribution in [-0.4, -0.2) is 51.0 Å². The number of rotatable bonds is 7. The van der Waals surface area contributed by atoms with Crippen LogP contribution in [0.2, 0.25) is 0 Å². The van der Waals surface area contributed by atoms with E-state index in [1.54, 1.807) is 0 Å². The van der Waals surface area contributed by atoms with Gasteiger partial charge >= 0.3 is 0 Å². The zero-order valence-electron chi connectivity index (χ0n) is 9.30. The topological polar surface area (TPSA) is 70.6 Å². The first-order valence-corrected chi connectivity index (χ1v) is 4.91. The van der Waals surface area contributed by atoms with Gasteiger partial charge in [0, 0.05) is 15.9 Å². The predicted octanol–water partition coefficient (Wildman–Crippen LogP) is -0.151. The molecule has 3 N–H and O–H groups in total. The van der Waals surface area contributed by atoms with Gasteiger partial charge in [-0.25, -0.2) is 0 Å². The summed E-state index contributed by atoms with van der Waals surface area (Å²) in [5, 5.41) is 13.7. The fraction of sp³-hybridized carbons (Fsp3) is 0.889. The highest BCUT2D eigenvalue weighted by molar-refractivity contribution is 5.77. The lowest BCUT2D eigenvalue weighted by Crippen LogP contribution is -2.30. The van der Waals surface area contributed by atoms with E-state index < -0.39 is 0 Å². The van der Waals surface area contributed by atoms with Gasteiger partial charge in [-0.1, -0.05) is 13.8 Å². The second-order valence-corrected chi connectivity index (χ2v) is 2.23. The highest BCUT2D eigenvalue weighted by Crippen LogP contribution is 1.73. The molecule has 0 aliphatic heterocycles. The smallest absolute Gasteiger partial charge is 0.246 e. The number of carbonyl (C=O) groups is 1.